The molecule has 0 radical (unpaired) electrons. The molecule has 1 heterocycles. The molecule has 0 unspecified atom stereocenters. The van der Waals surface area contributed by atoms with Crippen LogP contribution in [-0.2, 0) is 6.42 Å². The minimum absolute atomic E-state index is 0.289. The number of fused-ring (bicyclic) bond motifs is 3. The molecule has 0 amide bonds. The molecule has 1 nitrogen and oxygen atoms in total. The van der Waals surface area contributed by atoms with Gasteiger partial charge >= 0.3 is 0 Å². The molecule has 0 N–H and O–H groups in total. The van der Waals surface area contributed by atoms with Crippen molar-refractivity contribution in [1.29, 1.82) is 0 Å². The lowest BCUT2D eigenvalue weighted by Crippen LogP contribution is -2.09. The van der Waals surface area contributed by atoms with Crippen LogP contribution in [0.3, 0.4) is 0 Å². The first-order valence-corrected chi connectivity index (χ1v) is 8.60. The molecule has 0 saturated carbocycles. The van der Waals surface area contributed by atoms with Crippen LogP contribution in [0.5, 0.6) is 0 Å². The Labute approximate surface area is 143 Å². The Balaban J connectivity index is 2.04. The third-order valence-corrected chi connectivity index (χ3v) is 4.49. The second kappa shape index (κ2) is 5.52. The predicted octanol–water partition coefficient (Wildman–Crippen LogP) is 6.37. The summed E-state index contributed by atoms with van der Waals surface area (Å²) in [5.41, 5.74) is 5.47. The molecular weight excluding hydrogens is 290 g/mol. The zero-order valence-electron chi connectivity index (χ0n) is 14.6. The van der Waals surface area contributed by atoms with E-state index in [-0.39, 0.29) is 5.41 Å². The monoisotopic (exact) mass is 313 g/mol. The molecule has 1 aromatic heterocycles. The molecule has 0 atom stereocenters. The minimum atomic E-state index is 0.289. The van der Waals surface area contributed by atoms with E-state index in [1.807, 2.05) is 0 Å². The molecule has 3 aromatic carbocycles. The summed E-state index contributed by atoms with van der Waals surface area (Å²) in [6, 6.07) is 26.3. The van der Waals surface area contributed by atoms with E-state index in [9.17, 15) is 0 Å². The van der Waals surface area contributed by atoms with Crippen molar-refractivity contribution in [2.75, 3.05) is 0 Å². The van der Waals surface area contributed by atoms with Gasteiger partial charge in [0.25, 0.3) is 0 Å². The van der Waals surface area contributed by atoms with Gasteiger partial charge in [-0.15, -0.1) is 0 Å². The van der Waals surface area contributed by atoms with Gasteiger partial charge in [0.2, 0.25) is 0 Å². The molecule has 0 aliphatic carbocycles. The van der Waals surface area contributed by atoms with Crippen LogP contribution in [0, 0.1) is 5.41 Å². The standard InChI is InChI=1S/C23H23N/c1-23(2,3)16-17-13-14-20-19-11-7-8-12-21(19)24(22(20)15-17)18-9-5-4-6-10-18/h4-15H,16H2,1-3H3. The lowest BCUT2D eigenvalue weighted by molar-refractivity contribution is 0.411. The number of hydrogen-bond acceptors (Lipinski definition) is 0. The van der Waals surface area contributed by atoms with Gasteiger partial charge in [-0.1, -0.05) is 69.3 Å². The molecule has 120 valence electrons. The van der Waals surface area contributed by atoms with Crippen molar-refractivity contribution in [2.45, 2.75) is 27.2 Å². The fourth-order valence-electron chi connectivity index (χ4n) is 3.59. The quantitative estimate of drug-likeness (QED) is 0.405. The molecular formula is C23H23N. The van der Waals surface area contributed by atoms with E-state index in [1.54, 1.807) is 0 Å². The largest absolute Gasteiger partial charge is 0.309 e. The average Bonchev–Trinajstić information content (AvgIpc) is 2.88. The Hall–Kier alpha value is -2.54. The second-order valence-electron chi connectivity index (χ2n) is 7.78. The third-order valence-electron chi connectivity index (χ3n) is 4.49. The van der Waals surface area contributed by atoms with E-state index in [2.05, 4.69) is 98.1 Å². The molecule has 1 heteroatoms. The third kappa shape index (κ3) is 2.60. The number of para-hydroxylation sites is 2. The van der Waals surface area contributed by atoms with Crippen LogP contribution < -0.4 is 0 Å². The fraction of sp³-hybridized carbons (Fsp3) is 0.217. The SMILES string of the molecule is CC(C)(C)Cc1ccc2c3ccccc3n(-c3ccccc3)c2c1. The molecule has 0 saturated heterocycles. The van der Waals surface area contributed by atoms with Crippen molar-refractivity contribution < 1.29 is 0 Å². The Morgan fingerprint density at radius 1 is 0.708 bits per heavy atom. The Bertz CT molecular complexity index is 1000. The van der Waals surface area contributed by atoms with Crippen molar-refractivity contribution in [3.05, 3.63) is 78.4 Å². The Morgan fingerprint density at radius 2 is 1.38 bits per heavy atom. The molecule has 0 aliphatic rings. The highest BCUT2D eigenvalue weighted by molar-refractivity contribution is 6.09. The van der Waals surface area contributed by atoms with Crippen LogP contribution in [-0.4, -0.2) is 4.57 Å². The van der Waals surface area contributed by atoms with Gasteiger partial charge in [-0.05, 0) is 41.7 Å². The van der Waals surface area contributed by atoms with Gasteiger partial charge < -0.3 is 4.57 Å². The smallest absolute Gasteiger partial charge is 0.0543 e. The fourth-order valence-corrected chi connectivity index (χ4v) is 3.59. The van der Waals surface area contributed by atoms with Gasteiger partial charge in [0, 0.05) is 16.5 Å². The number of aromatic nitrogens is 1. The Kier molecular flexibility index (Phi) is 3.45. The van der Waals surface area contributed by atoms with Crippen LogP contribution in [0.1, 0.15) is 26.3 Å². The number of benzene rings is 3. The van der Waals surface area contributed by atoms with Crippen molar-refractivity contribution in [1.82, 2.24) is 4.57 Å². The summed E-state index contributed by atoms with van der Waals surface area (Å²) in [7, 11) is 0. The molecule has 0 bridgehead atoms. The summed E-state index contributed by atoms with van der Waals surface area (Å²) < 4.78 is 2.39. The van der Waals surface area contributed by atoms with Gasteiger partial charge in [0.05, 0.1) is 11.0 Å². The highest BCUT2D eigenvalue weighted by atomic mass is 15.0. The highest BCUT2D eigenvalue weighted by Gasteiger charge is 2.15. The summed E-state index contributed by atoms with van der Waals surface area (Å²) in [4.78, 5) is 0. The number of nitrogens with zero attached hydrogens (tertiary/aromatic N) is 1. The first kappa shape index (κ1) is 15.0. The molecule has 4 aromatic rings. The van der Waals surface area contributed by atoms with Gasteiger partial charge in [-0.3, -0.25) is 0 Å². The summed E-state index contributed by atoms with van der Waals surface area (Å²) in [5, 5.41) is 2.64. The topological polar surface area (TPSA) is 4.93 Å². The first-order chi connectivity index (χ1) is 11.5. The molecule has 0 spiro atoms. The number of rotatable bonds is 2. The zero-order valence-corrected chi connectivity index (χ0v) is 14.6. The summed E-state index contributed by atoms with van der Waals surface area (Å²) in [6.45, 7) is 6.89. The van der Waals surface area contributed by atoms with Gasteiger partial charge in [-0.2, -0.15) is 0 Å². The minimum Gasteiger partial charge on any atom is -0.309 e. The summed E-state index contributed by atoms with van der Waals surface area (Å²) in [5.74, 6) is 0. The van der Waals surface area contributed by atoms with Crippen molar-refractivity contribution in [2.24, 2.45) is 5.41 Å². The number of hydrogen-bond donors (Lipinski definition) is 0. The first-order valence-electron chi connectivity index (χ1n) is 8.60. The lowest BCUT2D eigenvalue weighted by Gasteiger charge is -2.18. The van der Waals surface area contributed by atoms with E-state index in [1.165, 1.54) is 33.1 Å². The normalized spacial score (nSPS) is 12.1. The maximum Gasteiger partial charge on any atom is 0.0543 e. The zero-order chi connectivity index (χ0) is 16.7. The predicted molar refractivity (Wildman–Crippen MR) is 104 cm³/mol. The molecule has 0 aliphatic heterocycles. The van der Waals surface area contributed by atoms with Crippen molar-refractivity contribution in [3.63, 3.8) is 0 Å². The van der Waals surface area contributed by atoms with Gasteiger partial charge in [0.15, 0.2) is 0 Å². The van der Waals surface area contributed by atoms with E-state index in [0.29, 0.717) is 0 Å². The summed E-state index contributed by atoms with van der Waals surface area (Å²) >= 11 is 0. The molecule has 24 heavy (non-hydrogen) atoms. The molecule has 0 fully saturated rings. The van der Waals surface area contributed by atoms with Crippen LogP contribution in [0.4, 0.5) is 0 Å². The second-order valence-corrected chi connectivity index (χ2v) is 7.78. The lowest BCUT2D eigenvalue weighted by atomic mass is 9.88. The van der Waals surface area contributed by atoms with E-state index in [0.717, 1.165) is 6.42 Å². The highest BCUT2D eigenvalue weighted by Crippen LogP contribution is 2.33. The van der Waals surface area contributed by atoms with Crippen molar-refractivity contribution >= 4 is 21.8 Å². The average molecular weight is 313 g/mol. The molecule has 4 rings (SSSR count). The van der Waals surface area contributed by atoms with Crippen LogP contribution in [0.25, 0.3) is 27.5 Å². The van der Waals surface area contributed by atoms with Gasteiger partial charge in [-0.25, -0.2) is 0 Å². The van der Waals surface area contributed by atoms with Crippen LogP contribution in [0.15, 0.2) is 72.8 Å². The van der Waals surface area contributed by atoms with Crippen molar-refractivity contribution in [3.8, 4) is 5.69 Å². The van der Waals surface area contributed by atoms with Gasteiger partial charge in [0.1, 0.15) is 0 Å². The van der Waals surface area contributed by atoms with E-state index < -0.39 is 0 Å². The maximum absolute atomic E-state index is 2.39. The van der Waals surface area contributed by atoms with Crippen LogP contribution >= 0.6 is 0 Å². The maximum atomic E-state index is 2.39. The summed E-state index contributed by atoms with van der Waals surface area (Å²) in [6.07, 6.45) is 1.08. The Morgan fingerprint density at radius 3 is 2.12 bits per heavy atom. The van der Waals surface area contributed by atoms with E-state index >= 15 is 0 Å². The van der Waals surface area contributed by atoms with Crippen LogP contribution in [0.2, 0.25) is 0 Å². The van der Waals surface area contributed by atoms with E-state index in [4.69, 9.17) is 0 Å².